The van der Waals surface area contributed by atoms with E-state index in [4.69, 9.17) is 5.11 Å². The minimum Gasteiger partial charge on any atom is -0.465 e. The van der Waals surface area contributed by atoms with Crippen LogP contribution in [0.15, 0.2) is 29.2 Å². The molecule has 1 aliphatic heterocycles. The van der Waals surface area contributed by atoms with Crippen molar-refractivity contribution in [3.8, 4) is 0 Å². The monoisotopic (exact) mass is 467 g/mol. The van der Waals surface area contributed by atoms with Crippen LogP contribution >= 0.6 is 0 Å². The molecule has 0 aliphatic carbocycles. The van der Waals surface area contributed by atoms with Crippen LogP contribution in [0.1, 0.15) is 45.1 Å². The summed E-state index contributed by atoms with van der Waals surface area (Å²) < 4.78 is 23.3. The lowest BCUT2D eigenvalue weighted by Crippen LogP contribution is -2.39. The molecule has 2 amide bonds. The lowest BCUT2D eigenvalue weighted by Gasteiger charge is -2.29. The molecule has 9 heteroatoms. The van der Waals surface area contributed by atoms with E-state index in [1.165, 1.54) is 11.2 Å². The van der Waals surface area contributed by atoms with Gasteiger partial charge in [-0.2, -0.15) is 0 Å². The fourth-order valence-electron chi connectivity index (χ4n) is 4.12. The van der Waals surface area contributed by atoms with Crippen molar-refractivity contribution in [1.82, 2.24) is 14.7 Å². The molecule has 1 aliphatic rings. The lowest BCUT2D eigenvalue weighted by atomic mass is 10.1. The van der Waals surface area contributed by atoms with Gasteiger partial charge in [0.1, 0.15) is 6.54 Å². The molecule has 0 saturated carbocycles. The Balaban J connectivity index is 1.82. The molecule has 1 saturated heterocycles. The van der Waals surface area contributed by atoms with Gasteiger partial charge in [-0.25, -0.2) is 13.2 Å². The van der Waals surface area contributed by atoms with Crippen LogP contribution in [-0.4, -0.2) is 91.8 Å². The van der Waals surface area contributed by atoms with Crippen LogP contribution < -0.4 is 0 Å². The van der Waals surface area contributed by atoms with Crippen LogP contribution in [0.3, 0.4) is 0 Å². The molecule has 0 spiro atoms. The first kappa shape index (κ1) is 26.1. The predicted octanol–water partition coefficient (Wildman–Crippen LogP) is 2.73. The average molecular weight is 468 g/mol. The fraction of sp³-hybridized carbons (Fsp3) is 0.652. The van der Waals surface area contributed by atoms with Gasteiger partial charge in [0, 0.05) is 31.9 Å². The molecule has 2 rings (SSSR count). The number of hydrogen-bond acceptors (Lipinski definition) is 5. The van der Waals surface area contributed by atoms with Crippen LogP contribution in [0.25, 0.3) is 0 Å². The number of rotatable bonds is 11. The normalized spacial score (nSPS) is 16.3. The van der Waals surface area contributed by atoms with Gasteiger partial charge in [-0.3, -0.25) is 9.69 Å². The van der Waals surface area contributed by atoms with E-state index < -0.39 is 15.9 Å². The van der Waals surface area contributed by atoms with Crippen LogP contribution in [0.5, 0.6) is 0 Å². The second-order valence-corrected chi connectivity index (χ2v) is 10.7. The van der Waals surface area contributed by atoms with Gasteiger partial charge in [-0.05, 0) is 69.8 Å². The van der Waals surface area contributed by atoms with Crippen LogP contribution in [0.4, 0.5) is 4.79 Å². The molecule has 1 aromatic rings. The molecule has 8 nitrogen and oxygen atoms in total. The van der Waals surface area contributed by atoms with Gasteiger partial charge in [0.15, 0.2) is 9.84 Å². The molecule has 0 bridgehead atoms. The lowest BCUT2D eigenvalue weighted by molar-refractivity contribution is -0.131. The summed E-state index contributed by atoms with van der Waals surface area (Å²) in [7, 11) is -3.18. The number of carboxylic acid groups (broad SMARTS) is 1. The van der Waals surface area contributed by atoms with Crippen molar-refractivity contribution in [1.29, 1.82) is 0 Å². The van der Waals surface area contributed by atoms with Gasteiger partial charge >= 0.3 is 6.09 Å². The van der Waals surface area contributed by atoms with Crippen molar-refractivity contribution in [3.05, 3.63) is 29.8 Å². The first-order chi connectivity index (χ1) is 15.1. The smallest absolute Gasteiger partial charge is 0.407 e. The predicted molar refractivity (Wildman–Crippen MR) is 125 cm³/mol. The highest BCUT2D eigenvalue weighted by atomic mass is 32.2. The SMILES string of the molecule is CCCN(CCCCN1CCCN(C(=O)O)CC1=O)C(C)Cc1ccc(S(C)(=O)=O)cc1. The Hall–Kier alpha value is -2.13. The molecule has 0 aromatic heterocycles. The molecule has 0 radical (unpaired) electrons. The van der Waals surface area contributed by atoms with E-state index in [9.17, 15) is 18.0 Å². The number of amides is 2. The van der Waals surface area contributed by atoms with E-state index >= 15 is 0 Å². The highest BCUT2D eigenvalue weighted by Crippen LogP contribution is 2.15. The topological polar surface area (TPSA) is 98.2 Å². The van der Waals surface area contributed by atoms with E-state index in [0.717, 1.165) is 44.3 Å². The van der Waals surface area contributed by atoms with E-state index in [-0.39, 0.29) is 12.5 Å². The highest BCUT2D eigenvalue weighted by molar-refractivity contribution is 7.90. The third-order valence-electron chi connectivity index (χ3n) is 5.95. The summed E-state index contributed by atoms with van der Waals surface area (Å²) in [6.45, 7) is 7.90. The molecule has 1 atom stereocenters. The standard InChI is InChI=1S/C23H37N3O5S/c1-4-12-24(19(2)17-20-8-10-21(11-9-20)32(3,30)31)13-5-6-14-25-15-7-16-26(23(28)29)18-22(25)27/h8-11,19H,4-7,12-18H2,1-3H3,(H,28,29). The van der Waals surface area contributed by atoms with E-state index in [1.54, 1.807) is 17.0 Å². The summed E-state index contributed by atoms with van der Waals surface area (Å²) in [5.41, 5.74) is 1.11. The van der Waals surface area contributed by atoms with Crippen molar-refractivity contribution in [2.24, 2.45) is 0 Å². The Morgan fingerprint density at radius 3 is 2.44 bits per heavy atom. The Labute approximate surface area is 192 Å². The largest absolute Gasteiger partial charge is 0.465 e. The van der Waals surface area contributed by atoms with Crippen molar-refractivity contribution in [3.63, 3.8) is 0 Å². The Bertz CT molecular complexity index is 857. The molecule has 1 fully saturated rings. The first-order valence-electron chi connectivity index (χ1n) is 11.4. The van der Waals surface area contributed by atoms with Crippen LogP contribution in [-0.2, 0) is 21.1 Å². The third kappa shape index (κ3) is 8.09. The molecule has 1 heterocycles. The van der Waals surface area contributed by atoms with Gasteiger partial charge in [0.2, 0.25) is 5.91 Å². The van der Waals surface area contributed by atoms with Crippen molar-refractivity contribution < 1.29 is 23.1 Å². The maximum absolute atomic E-state index is 12.3. The zero-order valence-electron chi connectivity index (χ0n) is 19.5. The van der Waals surface area contributed by atoms with Crippen LogP contribution in [0.2, 0.25) is 0 Å². The summed E-state index contributed by atoms with van der Waals surface area (Å²) in [5.74, 6) is -0.110. The van der Waals surface area contributed by atoms with E-state index in [1.807, 2.05) is 12.1 Å². The molecular formula is C23H37N3O5S. The van der Waals surface area contributed by atoms with Crippen molar-refractivity contribution in [2.45, 2.75) is 56.9 Å². The second-order valence-electron chi connectivity index (χ2n) is 8.65. The summed E-state index contributed by atoms with van der Waals surface area (Å²) in [5, 5.41) is 9.12. The van der Waals surface area contributed by atoms with E-state index in [0.29, 0.717) is 37.0 Å². The molecule has 32 heavy (non-hydrogen) atoms. The number of sulfone groups is 1. The summed E-state index contributed by atoms with van der Waals surface area (Å²) in [6.07, 6.45) is 4.60. The molecule has 1 unspecified atom stereocenters. The van der Waals surface area contributed by atoms with Gasteiger partial charge in [0.25, 0.3) is 0 Å². The Morgan fingerprint density at radius 2 is 1.84 bits per heavy atom. The zero-order chi connectivity index (χ0) is 23.7. The Morgan fingerprint density at radius 1 is 1.16 bits per heavy atom. The number of carbonyl (C=O) groups is 2. The molecular weight excluding hydrogens is 430 g/mol. The van der Waals surface area contributed by atoms with Gasteiger partial charge in [-0.1, -0.05) is 19.1 Å². The average Bonchev–Trinajstić information content (AvgIpc) is 2.91. The van der Waals surface area contributed by atoms with E-state index in [2.05, 4.69) is 18.7 Å². The third-order valence-corrected chi connectivity index (χ3v) is 7.07. The van der Waals surface area contributed by atoms with Gasteiger partial charge < -0.3 is 14.9 Å². The fourth-order valence-corrected chi connectivity index (χ4v) is 4.75. The number of nitrogens with zero attached hydrogens (tertiary/aromatic N) is 3. The van der Waals surface area contributed by atoms with Gasteiger partial charge in [0.05, 0.1) is 4.90 Å². The maximum atomic E-state index is 12.3. The number of benzene rings is 1. The quantitative estimate of drug-likeness (QED) is 0.503. The summed E-state index contributed by atoms with van der Waals surface area (Å²) >= 11 is 0. The van der Waals surface area contributed by atoms with Crippen LogP contribution in [0, 0.1) is 0 Å². The maximum Gasteiger partial charge on any atom is 0.407 e. The number of carbonyl (C=O) groups excluding carboxylic acids is 1. The molecule has 180 valence electrons. The number of unbranched alkanes of at least 4 members (excludes halogenated alkanes) is 1. The summed E-state index contributed by atoms with van der Waals surface area (Å²) in [4.78, 5) is 29.2. The van der Waals surface area contributed by atoms with Crippen molar-refractivity contribution in [2.75, 3.05) is 45.5 Å². The summed E-state index contributed by atoms with van der Waals surface area (Å²) in [6, 6.07) is 7.45. The minimum atomic E-state index is -3.18. The van der Waals surface area contributed by atoms with Crippen molar-refractivity contribution >= 4 is 21.8 Å². The minimum absolute atomic E-state index is 0.0492. The highest BCUT2D eigenvalue weighted by Gasteiger charge is 2.24. The second kappa shape index (κ2) is 12.2. The van der Waals surface area contributed by atoms with Gasteiger partial charge in [-0.15, -0.1) is 0 Å². The Kier molecular flexibility index (Phi) is 9.96. The molecule has 1 aromatic carbocycles. The molecule has 1 N–H and O–H groups in total. The number of hydrogen-bond donors (Lipinski definition) is 1. The first-order valence-corrected chi connectivity index (χ1v) is 13.3. The zero-order valence-corrected chi connectivity index (χ0v) is 20.3.